The van der Waals surface area contributed by atoms with E-state index in [-0.39, 0.29) is 42.0 Å². The van der Waals surface area contributed by atoms with Crippen molar-refractivity contribution in [1.82, 2.24) is 25.4 Å². The molecule has 16 heteroatoms. The molecule has 0 saturated carbocycles. The molecule has 3 heterocycles. The molecule has 1 aliphatic rings. The Kier molecular flexibility index (Phi) is 5.97. The zero-order valence-electron chi connectivity index (χ0n) is 17.2. The first-order valence-corrected chi connectivity index (χ1v) is 9.21. The lowest BCUT2D eigenvalue weighted by Gasteiger charge is -2.23. The fourth-order valence-electron chi connectivity index (χ4n) is 2.82. The van der Waals surface area contributed by atoms with Crippen molar-refractivity contribution in [3.63, 3.8) is 0 Å². The number of hydrogen-bond donors (Lipinski definition) is 1. The van der Waals surface area contributed by atoms with Gasteiger partial charge in [-0.3, -0.25) is 0 Å². The number of aromatic amines is 1. The fraction of sp³-hybridized carbons (Fsp3) is 0.529. The highest BCUT2D eigenvalue weighted by Gasteiger charge is 2.46. The van der Waals surface area contributed by atoms with E-state index in [2.05, 4.69) is 34.9 Å². The van der Waals surface area contributed by atoms with Crippen molar-refractivity contribution in [2.24, 2.45) is 0 Å². The Hall–Kier alpha value is -3.46. The van der Waals surface area contributed by atoms with Crippen LogP contribution in [0.4, 0.5) is 32.2 Å². The van der Waals surface area contributed by atoms with Crippen LogP contribution in [0.1, 0.15) is 33.0 Å². The Morgan fingerprint density at radius 2 is 1.67 bits per heavy atom. The molecule has 0 spiro atoms. The molecule has 0 bridgehead atoms. The second-order valence-corrected chi connectivity index (χ2v) is 7.89. The highest BCUT2D eigenvalue weighted by atomic mass is 19.4. The number of nitrogens with one attached hydrogen (secondary N) is 1. The zero-order chi connectivity index (χ0) is 24.8. The van der Waals surface area contributed by atoms with Gasteiger partial charge in [0.15, 0.2) is 11.3 Å². The molecule has 0 aliphatic carbocycles. The molecule has 1 N–H and O–H groups in total. The highest BCUT2D eigenvalue weighted by Crippen LogP contribution is 2.35. The minimum Gasteiger partial charge on any atom is -0.449 e. The molecular formula is C17H16F6N6O4. The van der Waals surface area contributed by atoms with E-state index in [0.29, 0.717) is 0 Å². The summed E-state index contributed by atoms with van der Waals surface area (Å²) in [5.41, 5.74) is -0.990. The van der Waals surface area contributed by atoms with Gasteiger partial charge >= 0.3 is 24.3 Å². The van der Waals surface area contributed by atoms with Gasteiger partial charge in [0.05, 0.1) is 5.70 Å². The Balaban J connectivity index is 2.07. The summed E-state index contributed by atoms with van der Waals surface area (Å²) in [5, 5.41) is 10.0. The van der Waals surface area contributed by atoms with Gasteiger partial charge in [-0.2, -0.15) is 36.7 Å². The number of halogens is 6. The van der Waals surface area contributed by atoms with Crippen molar-refractivity contribution in [3.8, 4) is 0 Å². The van der Waals surface area contributed by atoms with Crippen molar-refractivity contribution in [1.29, 1.82) is 0 Å². The van der Waals surface area contributed by atoms with Crippen LogP contribution in [0.15, 0.2) is 12.0 Å². The van der Waals surface area contributed by atoms with Crippen LogP contribution in [-0.4, -0.2) is 62.3 Å². The maximum Gasteiger partial charge on any atom is 0.491 e. The summed E-state index contributed by atoms with van der Waals surface area (Å²) in [4.78, 5) is 32.2. The summed E-state index contributed by atoms with van der Waals surface area (Å²) in [7, 11) is 0. The largest absolute Gasteiger partial charge is 0.491 e. The van der Waals surface area contributed by atoms with E-state index in [9.17, 15) is 35.9 Å². The van der Waals surface area contributed by atoms with Gasteiger partial charge in [0, 0.05) is 18.4 Å². The third-order valence-electron chi connectivity index (χ3n) is 4.35. The molecular weight excluding hydrogens is 466 g/mol. The predicted octanol–water partition coefficient (Wildman–Crippen LogP) is 2.68. The molecule has 180 valence electrons. The van der Waals surface area contributed by atoms with Crippen LogP contribution >= 0.6 is 0 Å². The monoisotopic (exact) mass is 482 g/mol. The van der Waals surface area contributed by atoms with Gasteiger partial charge in [0.25, 0.3) is 0 Å². The summed E-state index contributed by atoms with van der Waals surface area (Å²) < 4.78 is 84.3. The van der Waals surface area contributed by atoms with E-state index in [4.69, 9.17) is 0 Å². The summed E-state index contributed by atoms with van der Waals surface area (Å²) in [6, 6.07) is 0. The Morgan fingerprint density at radius 3 is 2.24 bits per heavy atom. The Morgan fingerprint density at radius 1 is 1.03 bits per heavy atom. The number of H-pyrrole nitrogens is 1. The van der Waals surface area contributed by atoms with E-state index in [1.807, 2.05) is 0 Å². The molecule has 1 fully saturated rings. The molecule has 0 aromatic carbocycles. The lowest BCUT2D eigenvalue weighted by atomic mass is 9.96. The zero-order valence-corrected chi connectivity index (χ0v) is 17.2. The number of rotatable bonds is 3. The van der Waals surface area contributed by atoms with Crippen LogP contribution < -0.4 is 4.90 Å². The Bertz CT molecular complexity index is 1100. The number of fused-ring (bicyclic) bond motifs is 1. The van der Waals surface area contributed by atoms with Crippen molar-refractivity contribution < 1.29 is 45.4 Å². The Labute approximate surface area is 180 Å². The summed E-state index contributed by atoms with van der Waals surface area (Å²) in [6.45, 7) is 5.13. The highest BCUT2D eigenvalue weighted by molar-refractivity contribution is 5.84. The maximum absolute atomic E-state index is 12.7. The number of aromatic nitrogens is 5. The molecule has 1 aliphatic heterocycles. The van der Waals surface area contributed by atoms with Crippen LogP contribution in [0.3, 0.4) is 0 Å². The lowest BCUT2D eigenvalue weighted by Crippen LogP contribution is -2.32. The van der Waals surface area contributed by atoms with Crippen molar-refractivity contribution in [2.75, 3.05) is 11.4 Å². The van der Waals surface area contributed by atoms with Crippen molar-refractivity contribution in [3.05, 3.63) is 17.8 Å². The maximum atomic E-state index is 12.7. The second-order valence-electron chi connectivity index (χ2n) is 7.89. The van der Waals surface area contributed by atoms with Crippen molar-refractivity contribution in [2.45, 2.75) is 51.1 Å². The number of carbonyl (C=O) groups is 2. The topological polar surface area (TPSA) is 123 Å². The quantitative estimate of drug-likeness (QED) is 0.400. The van der Waals surface area contributed by atoms with Gasteiger partial charge in [-0.15, -0.1) is 5.10 Å². The first kappa shape index (κ1) is 24.2. The third-order valence-corrected chi connectivity index (χ3v) is 4.35. The smallest absolute Gasteiger partial charge is 0.449 e. The molecule has 33 heavy (non-hydrogen) atoms. The molecule has 0 amide bonds. The normalized spacial score (nSPS) is 18.8. The van der Waals surface area contributed by atoms with Gasteiger partial charge in [0.2, 0.25) is 5.65 Å². The van der Waals surface area contributed by atoms with Gasteiger partial charge in [-0.05, 0) is 0 Å². The van der Waals surface area contributed by atoms with Crippen LogP contribution in [0, 0.1) is 0 Å². The number of carbonyl (C=O) groups excluding carboxylic acids is 2. The molecule has 10 nitrogen and oxygen atoms in total. The van der Waals surface area contributed by atoms with E-state index < -0.39 is 41.5 Å². The first-order valence-electron chi connectivity index (χ1n) is 9.21. The molecule has 2 aromatic rings. The second kappa shape index (κ2) is 8.15. The average Bonchev–Trinajstić information content (AvgIpc) is 3.29. The summed E-state index contributed by atoms with van der Waals surface area (Å²) >= 11 is 0. The van der Waals surface area contributed by atoms with Gasteiger partial charge in [0.1, 0.15) is 18.2 Å². The van der Waals surface area contributed by atoms with Crippen molar-refractivity contribution >= 4 is 28.9 Å². The number of nitrogens with zero attached hydrogens (tertiary/aromatic N) is 5. The summed E-state index contributed by atoms with van der Waals surface area (Å²) in [6.07, 6.45) is -12.4. The number of hydrogen-bond acceptors (Lipinski definition) is 9. The van der Waals surface area contributed by atoms with Crippen LogP contribution in [0.2, 0.25) is 0 Å². The molecule has 0 radical (unpaired) electrons. The molecule has 2 aromatic heterocycles. The summed E-state index contributed by atoms with van der Waals surface area (Å²) in [5.74, 6) is -4.99. The lowest BCUT2D eigenvalue weighted by molar-refractivity contribution is -0.203. The number of anilines is 1. The van der Waals surface area contributed by atoms with E-state index in [1.54, 1.807) is 20.8 Å². The van der Waals surface area contributed by atoms with E-state index in [0.717, 1.165) is 4.90 Å². The van der Waals surface area contributed by atoms with E-state index in [1.165, 1.54) is 0 Å². The average molecular weight is 482 g/mol. The van der Waals surface area contributed by atoms with E-state index >= 15 is 0 Å². The minimum absolute atomic E-state index is 0.0406. The molecule has 3 rings (SSSR count). The standard InChI is InChI=1S/C17H16F6N6O4/c1-15(2,3)12-24-10-9(26-28-27-10)11(25-12)29-5-4-8(33-14(31)17(21,22)23)7(29)6-32-13(30)16(18,19)20/h6,8H,4-5H2,1-3H3,(H,24,25,26,27,28)/b7-6+/t8-/m0/s1. The van der Waals surface area contributed by atoms with Gasteiger partial charge in [-0.1, -0.05) is 20.8 Å². The minimum atomic E-state index is -5.37. The molecule has 1 saturated heterocycles. The van der Waals surface area contributed by atoms with Crippen LogP contribution in [-0.2, 0) is 24.5 Å². The fourth-order valence-corrected chi connectivity index (χ4v) is 2.82. The SMILES string of the molecule is CC(C)(C)c1nc(N2CC[C@H](OC(=O)C(F)(F)F)/C2=C\OC(=O)C(F)(F)F)c2n[nH]nc2n1. The van der Waals surface area contributed by atoms with Crippen LogP contribution in [0.25, 0.3) is 11.2 Å². The number of ether oxygens (including phenoxy) is 2. The predicted molar refractivity (Wildman–Crippen MR) is 96.3 cm³/mol. The van der Waals surface area contributed by atoms with Gasteiger partial charge < -0.3 is 14.4 Å². The third kappa shape index (κ3) is 5.14. The molecule has 1 atom stereocenters. The molecule has 0 unspecified atom stereocenters. The van der Waals surface area contributed by atoms with Crippen LogP contribution in [0.5, 0.6) is 0 Å². The first-order chi connectivity index (χ1) is 15.1. The number of alkyl halides is 6. The van der Waals surface area contributed by atoms with Gasteiger partial charge in [-0.25, -0.2) is 19.6 Å². The number of esters is 2.